The highest BCUT2D eigenvalue weighted by atomic mass is 32.2. The summed E-state index contributed by atoms with van der Waals surface area (Å²) >= 11 is 0. The minimum atomic E-state index is -3.57. The van der Waals surface area contributed by atoms with Crippen molar-refractivity contribution in [3.63, 3.8) is 0 Å². The van der Waals surface area contributed by atoms with E-state index in [1.807, 2.05) is 24.3 Å². The Morgan fingerprint density at radius 3 is 2.43 bits per heavy atom. The third-order valence-electron chi connectivity index (χ3n) is 4.89. The number of para-hydroxylation sites is 2. The standard InChI is InChI=1S/C20H23F2N3O4S/c1-29-19-5-3-2-4-18(19)24-9-11-25(12-10-24)30(27,28)13-8-23-20(26)15-6-7-16(21)17(22)14-15/h2-7,14H,8-13H2,1H3,(H,23,26). The summed E-state index contributed by atoms with van der Waals surface area (Å²) in [4.78, 5) is 14.1. The van der Waals surface area contributed by atoms with Gasteiger partial charge in [0, 0.05) is 38.3 Å². The van der Waals surface area contributed by atoms with E-state index in [2.05, 4.69) is 10.2 Å². The van der Waals surface area contributed by atoms with Crippen molar-refractivity contribution in [1.29, 1.82) is 0 Å². The maximum absolute atomic E-state index is 13.2. The Morgan fingerprint density at radius 1 is 1.07 bits per heavy atom. The Kier molecular flexibility index (Phi) is 6.88. The molecule has 7 nitrogen and oxygen atoms in total. The number of nitrogens with zero attached hydrogens (tertiary/aromatic N) is 2. The number of amides is 1. The van der Waals surface area contributed by atoms with Crippen molar-refractivity contribution in [1.82, 2.24) is 9.62 Å². The maximum atomic E-state index is 13.2. The van der Waals surface area contributed by atoms with Crippen molar-refractivity contribution in [2.24, 2.45) is 0 Å². The summed E-state index contributed by atoms with van der Waals surface area (Å²) < 4.78 is 58.1. The molecular weight excluding hydrogens is 416 g/mol. The first-order chi connectivity index (χ1) is 14.3. The van der Waals surface area contributed by atoms with Gasteiger partial charge in [-0.2, -0.15) is 4.31 Å². The lowest BCUT2D eigenvalue weighted by atomic mass is 10.2. The van der Waals surface area contributed by atoms with E-state index < -0.39 is 27.6 Å². The molecule has 0 unspecified atom stereocenters. The molecule has 0 atom stereocenters. The molecule has 1 amide bonds. The van der Waals surface area contributed by atoms with E-state index in [1.54, 1.807) is 7.11 Å². The van der Waals surface area contributed by atoms with E-state index in [9.17, 15) is 22.0 Å². The van der Waals surface area contributed by atoms with Gasteiger partial charge in [-0.1, -0.05) is 12.1 Å². The SMILES string of the molecule is COc1ccccc1N1CCN(S(=O)(=O)CCNC(=O)c2ccc(F)c(F)c2)CC1. The molecule has 0 aromatic heterocycles. The molecule has 1 saturated heterocycles. The van der Waals surface area contributed by atoms with Crippen LogP contribution in [-0.2, 0) is 10.0 Å². The smallest absolute Gasteiger partial charge is 0.251 e. The Hall–Kier alpha value is -2.72. The molecule has 1 aliphatic heterocycles. The van der Waals surface area contributed by atoms with Crippen LogP contribution in [0.25, 0.3) is 0 Å². The molecule has 162 valence electrons. The lowest BCUT2D eigenvalue weighted by Crippen LogP contribution is -2.50. The van der Waals surface area contributed by atoms with E-state index in [0.29, 0.717) is 26.2 Å². The first-order valence-electron chi connectivity index (χ1n) is 9.41. The number of piperazine rings is 1. The third-order valence-corrected chi connectivity index (χ3v) is 6.76. The van der Waals surface area contributed by atoms with Crippen LogP contribution in [0.3, 0.4) is 0 Å². The van der Waals surface area contributed by atoms with Crippen LogP contribution in [0.1, 0.15) is 10.4 Å². The number of nitrogens with one attached hydrogen (secondary N) is 1. The molecule has 1 N–H and O–H groups in total. The molecule has 2 aromatic carbocycles. The van der Waals surface area contributed by atoms with Crippen LogP contribution in [0.4, 0.5) is 14.5 Å². The van der Waals surface area contributed by atoms with Gasteiger partial charge in [-0.3, -0.25) is 4.79 Å². The Bertz CT molecular complexity index is 1010. The molecule has 10 heteroatoms. The van der Waals surface area contributed by atoms with E-state index in [-0.39, 0.29) is 17.9 Å². The zero-order valence-electron chi connectivity index (χ0n) is 16.5. The van der Waals surface area contributed by atoms with E-state index in [1.165, 1.54) is 4.31 Å². The third kappa shape index (κ3) is 5.06. The second-order valence-corrected chi connectivity index (χ2v) is 8.85. The van der Waals surface area contributed by atoms with Gasteiger partial charge in [-0.05, 0) is 30.3 Å². The van der Waals surface area contributed by atoms with Crippen LogP contribution in [0.2, 0.25) is 0 Å². The van der Waals surface area contributed by atoms with Crippen molar-refractivity contribution in [3.05, 3.63) is 59.7 Å². The number of anilines is 1. The van der Waals surface area contributed by atoms with Gasteiger partial charge in [0.05, 0.1) is 18.6 Å². The number of sulfonamides is 1. The molecule has 0 bridgehead atoms. The zero-order chi connectivity index (χ0) is 21.7. The van der Waals surface area contributed by atoms with Crippen LogP contribution in [0.15, 0.2) is 42.5 Å². The largest absolute Gasteiger partial charge is 0.495 e. The van der Waals surface area contributed by atoms with Gasteiger partial charge in [0.25, 0.3) is 5.91 Å². The summed E-state index contributed by atoms with van der Waals surface area (Å²) in [6.45, 7) is 1.53. The molecule has 1 fully saturated rings. The average Bonchev–Trinajstić information content (AvgIpc) is 2.75. The lowest BCUT2D eigenvalue weighted by Gasteiger charge is -2.36. The fourth-order valence-electron chi connectivity index (χ4n) is 3.26. The molecule has 1 aliphatic rings. The molecule has 1 heterocycles. The van der Waals surface area contributed by atoms with Gasteiger partial charge in [-0.25, -0.2) is 17.2 Å². The summed E-state index contributed by atoms with van der Waals surface area (Å²) in [6, 6.07) is 10.3. The van der Waals surface area contributed by atoms with E-state index in [0.717, 1.165) is 29.6 Å². The summed E-state index contributed by atoms with van der Waals surface area (Å²) in [7, 11) is -1.98. The molecule has 0 spiro atoms. The number of hydrogen-bond donors (Lipinski definition) is 1. The molecule has 0 saturated carbocycles. The molecule has 0 aliphatic carbocycles. The van der Waals surface area contributed by atoms with Gasteiger partial charge in [0.15, 0.2) is 11.6 Å². The van der Waals surface area contributed by atoms with Crippen molar-refractivity contribution < 1.29 is 26.7 Å². The first kappa shape index (κ1) is 22.0. The van der Waals surface area contributed by atoms with Crippen LogP contribution < -0.4 is 15.0 Å². The van der Waals surface area contributed by atoms with Crippen molar-refractivity contribution in [3.8, 4) is 5.75 Å². The van der Waals surface area contributed by atoms with Crippen LogP contribution in [0, 0.1) is 11.6 Å². The number of rotatable bonds is 7. The average molecular weight is 439 g/mol. The van der Waals surface area contributed by atoms with Crippen LogP contribution in [0.5, 0.6) is 5.75 Å². The Labute approximate surface area is 174 Å². The van der Waals surface area contributed by atoms with Crippen molar-refractivity contribution in [2.45, 2.75) is 0 Å². The Morgan fingerprint density at radius 2 is 1.77 bits per heavy atom. The van der Waals surface area contributed by atoms with Gasteiger partial charge >= 0.3 is 0 Å². The van der Waals surface area contributed by atoms with Crippen molar-refractivity contribution in [2.75, 3.05) is 50.5 Å². The highest BCUT2D eigenvalue weighted by Crippen LogP contribution is 2.28. The second kappa shape index (κ2) is 9.40. The number of ether oxygens (including phenoxy) is 1. The lowest BCUT2D eigenvalue weighted by molar-refractivity contribution is 0.0955. The summed E-state index contributed by atoms with van der Waals surface area (Å²) in [6.07, 6.45) is 0. The van der Waals surface area contributed by atoms with E-state index in [4.69, 9.17) is 4.74 Å². The molecular formula is C20H23F2N3O4S. The predicted molar refractivity (Wildman–Crippen MR) is 109 cm³/mol. The quantitative estimate of drug-likeness (QED) is 0.713. The predicted octanol–water partition coefficient (Wildman–Crippen LogP) is 1.86. The number of carbonyl (C=O) groups excluding carboxylic acids is 1. The molecule has 0 radical (unpaired) electrons. The summed E-state index contributed by atoms with van der Waals surface area (Å²) in [5.41, 5.74) is 0.840. The van der Waals surface area contributed by atoms with Crippen LogP contribution >= 0.6 is 0 Å². The molecule has 3 rings (SSSR count). The van der Waals surface area contributed by atoms with Gasteiger partial charge < -0.3 is 15.0 Å². The van der Waals surface area contributed by atoms with Crippen molar-refractivity contribution >= 4 is 21.6 Å². The minimum Gasteiger partial charge on any atom is -0.495 e. The zero-order valence-corrected chi connectivity index (χ0v) is 17.3. The summed E-state index contributed by atoms with van der Waals surface area (Å²) in [5.74, 6) is -2.40. The van der Waals surface area contributed by atoms with E-state index >= 15 is 0 Å². The topological polar surface area (TPSA) is 79.0 Å². The number of hydrogen-bond acceptors (Lipinski definition) is 5. The minimum absolute atomic E-state index is 0.0725. The second-order valence-electron chi connectivity index (χ2n) is 6.76. The highest BCUT2D eigenvalue weighted by Gasteiger charge is 2.27. The fraction of sp³-hybridized carbons (Fsp3) is 0.350. The monoisotopic (exact) mass is 439 g/mol. The number of carbonyl (C=O) groups is 1. The summed E-state index contributed by atoms with van der Waals surface area (Å²) in [5, 5.41) is 2.43. The highest BCUT2D eigenvalue weighted by molar-refractivity contribution is 7.89. The maximum Gasteiger partial charge on any atom is 0.251 e. The van der Waals surface area contributed by atoms with Gasteiger partial charge in [0.2, 0.25) is 10.0 Å². The number of halogens is 2. The van der Waals surface area contributed by atoms with Crippen LogP contribution in [-0.4, -0.2) is 64.2 Å². The van der Waals surface area contributed by atoms with Gasteiger partial charge in [0.1, 0.15) is 5.75 Å². The fourth-order valence-corrected chi connectivity index (χ4v) is 4.60. The molecule has 30 heavy (non-hydrogen) atoms. The normalized spacial score (nSPS) is 15.1. The molecule has 2 aromatic rings. The first-order valence-corrected chi connectivity index (χ1v) is 11.0. The van der Waals surface area contributed by atoms with Gasteiger partial charge in [-0.15, -0.1) is 0 Å². The Balaban J connectivity index is 1.52. The number of benzene rings is 2. The number of methoxy groups -OCH3 is 1.